The molecule has 0 aliphatic carbocycles. The largest absolute Gasteiger partial charge is 0.479 e. The Balaban J connectivity index is 1.90. The van der Waals surface area contributed by atoms with E-state index in [0.717, 1.165) is 5.56 Å². The van der Waals surface area contributed by atoms with Crippen LogP contribution in [0.4, 0.5) is 5.82 Å². The monoisotopic (exact) mass is 316 g/mol. The predicted octanol–water partition coefficient (Wildman–Crippen LogP) is 0.585. The summed E-state index contributed by atoms with van der Waals surface area (Å²) in [4.78, 5) is 25.2. The number of nitrogens with one attached hydrogen (secondary N) is 1. The number of carbonyl (C=O) groups excluding carboxylic acids is 1. The van der Waals surface area contributed by atoms with E-state index in [1.165, 1.54) is 4.90 Å². The quantitative estimate of drug-likeness (QED) is 0.761. The minimum atomic E-state index is -1.09. The average molecular weight is 316 g/mol. The van der Waals surface area contributed by atoms with Gasteiger partial charge in [0, 0.05) is 6.54 Å². The van der Waals surface area contributed by atoms with Crippen molar-refractivity contribution in [2.24, 2.45) is 0 Å². The fourth-order valence-corrected chi connectivity index (χ4v) is 2.55. The molecule has 0 bridgehead atoms. The van der Waals surface area contributed by atoms with Crippen LogP contribution in [0.25, 0.3) is 11.1 Å². The van der Waals surface area contributed by atoms with Crippen molar-refractivity contribution < 1.29 is 19.4 Å². The molecular formula is C15H16N4O4. The number of aromatic amines is 1. The molecular weight excluding hydrogens is 300 g/mol. The van der Waals surface area contributed by atoms with Crippen molar-refractivity contribution in [3.05, 3.63) is 36.0 Å². The number of carbonyl (C=O) groups is 2. The lowest BCUT2D eigenvalue weighted by Crippen LogP contribution is -2.48. The van der Waals surface area contributed by atoms with Gasteiger partial charge in [0.25, 0.3) is 5.91 Å². The number of aromatic nitrogens is 2. The fraction of sp³-hybridized carbons (Fsp3) is 0.267. The first kappa shape index (κ1) is 15.0. The molecule has 8 heteroatoms. The number of hydrogen-bond acceptors (Lipinski definition) is 5. The van der Waals surface area contributed by atoms with Gasteiger partial charge in [0.2, 0.25) is 0 Å². The highest BCUT2D eigenvalue weighted by Gasteiger charge is 2.31. The second-order valence-corrected chi connectivity index (χ2v) is 5.17. The summed E-state index contributed by atoms with van der Waals surface area (Å²) >= 11 is 0. The van der Waals surface area contributed by atoms with Gasteiger partial charge in [-0.25, -0.2) is 4.79 Å². The van der Waals surface area contributed by atoms with Crippen molar-refractivity contribution in [1.82, 2.24) is 15.1 Å². The Morgan fingerprint density at radius 1 is 1.35 bits per heavy atom. The van der Waals surface area contributed by atoms with Gasteiger partial charge in [0.05, 0.1) is 18.7 Å². The number of benzene rings is 1. The van der Waals surface area contributed by atoms with E-state index in [-0.39, 0.29) is 30.6 Å². The molecule has 1 fully saturated rings. The highest BCUT2D eigenvalue weighted by Crippen LogP contribution is 2.28. The van der Waals surface area contributed by atoms with Gasteiger partial charge in [-0.3, -0.25) is 9.89 Å². The standard InChI is InChI=1S/C15H16N4O4/c16-13-11(9-4-2-1-3-5-9)12(17-18-13)14(20)19-6-7-23-10(8-19)15(21)22/h1-5,10H,6-8H2,(H,21,22)(H3,16,17,18)/t10-/m0/s1. The molecule has 0 unspecified atom stereocenters. The van der Waals surface area contributed by atoms with Crippen LogP contribution in [0, 0.1) is 0 Å². The molecule has 1 aromatic carbocycles. The highest BCUT2D eigenvalue weighted by molar-refractivity contribution is 6.01. The molecule has 0 radical (unpaired) electrons. The van der Waals surface area contributed by atoms with Crippen LogP contribution in [0.3, 0.4) is 0 Å². The Kier molecular flexibility index (Phi) is 3.98. The molecule has 1 aromatic heterocycles. The number of aliphatic carboxylic acids is 1. The first-order chi connectivity index (χ1) is 11.1. The van der Waals surface area contributed by atoms with Gasteiger partial charge in [0.1, 0.15) is 5.69 Å². The normalized spacial score (nSPS) is 17.9. The summed E-state index contributed by atoms with van der Waals surface area (Å²) in [6, 6.07) is 9.20. The number of nitrogen functional groups attached to an aromatic ring is 1. The maximum absolute atomic E-state index is 12.7. The molecule has 0 spiro atoms. The minimum Gasteiger partial charge on any atom is -0.479 e. The summed E-state index contributed by atoms with van der Waals surface area (Å²) < 4.78 is 5.13. The van der Waals surface area contributed by atoms with Crippen molar-refractivity contribution in [3.8, 4) is 11.1 Å². The highest BCUT2D eigenvalue weighted by atomic mass is 16.5. The topological polar surface area (TPSA) is 122 Å². The Morgan fingerprint density at radius 3 is 2.78 bits per heavy atom. The predicted molar refractivity (Wildman–Crippen MR) is 81.7 cm³/mol. The third-order valence-corrected chi connectivity index (χ3v) is 3.70. The Bertz CT molecular complexity index is 728. The number of nitrogens with two attached hydrogens (primary N) is 1. The molecule has 120 valence electrons. The lowest BCUT2D eigenvalue weighted by Gasteiger charge is -2.30. The third-order valence-electron chi connectivity index (χ3n) is 3.70. The van der Waals surface area contributed by atoms with E-state index in [4.69, 9.17) is 15.6 Å². The Morgan fingerprint density at radius 2 is 2.09 bits per heavy atom. The molecule has 2 aromatic rings. The molecule has 1 amide bonds. The van der Waals surface area contributed by atoms with Crippen molar-refractivity contribution in [2.75, 3.05) is 25.4 Å². The summed E-state index contributed by atoms with van der Waals surface area (Å²) in [7, 11) is 0. The fourth-order valence-electron chi connectivity index (χ4n) is 2.55. The molecule has 1 atom stereocenters. The van der Waals surface area contributed by atoms with Gasteiger partial charge >= 0.3 is 5.97 Å². The van der Waals surface area contributed by atoms with E-state index in [9.17, 15) is 9.59 Å². The third kappa shape index (κ3) is 2.88. The van der Waals surface area contributed by atoms with E-state index in [1.54, 1.807) is 0 Å². The number of hydrogen-bond donors (Lipinski definition) is 3. The zero-order valence-electron chi connectivity index (χ0n) is 12.2. The van der Waals surface area contributed by atoms with Crippen LogP contribution >= 0.6 is 0 Å². The van der Waals surface area contributed by atoms with Crippen LogP contribution in [0.1, 0.15) is 10.5 Å². The lowest BCUT2D eigenvalue weighted by molar-refractivity contribution is -0.154. The molecule has 1 saturated heterocycles. The van der Waals surface area contributed by atoms with Crippen molar-refractivity contribution >= 4 is 17.7 Å². The van der Waals surface area contributed by atoms with Gasteiger partial charge in [-0.15, -0.1) is 0 Å². The molecule has 3 rings (SSSR count). The summed E-state index contributed by atoms with van der Waals surface area (Å²) in [5.74, 6) is -1.21. The van der Waals surface area contributed by atoms with E-state index in [1.807, 2.05) is 30.3 Å². The van der Waals surface area contributed by atoms with Crippen LogP contribution in [0.2, 0.25) is 0 Å². The number of carboxylic acids is 1. The molecule has 1 aliphatic heterocycles. The number of H-pyrrole nitrogens is 1. The van der Waals surface area contributed by atoms with Crippen molar-refractivity contribution in [2.45, 2.75) is 6.10 Å². The average Bonchev–Trinajstić information content (AvgIpc) is 2.96. The Labute approximate surface area is 131 Å². The SMILES string of the molecule is Nc1n[nH]c(C(=O)N2CCO[C@H](C(=O)O)C2)c1-c1ccccc1. The summed E-state index contributed by atoms with van der Waals surface area (Å²) in [6.07, 6.45) is -1.02. The van der Waals surface area contributed by atoms with Crippen LogP contribution in [-0.2, 0) is 9.53 Å². The maximum Gasteiger partial charge on any atom is 0.334 e. The van der Waals surface area contributed by atoms with Gasteiger partial charge < -0.3 is 20.5 Å². The van der Waals surface area contributed by atoms with Crippen molar-refractivity contribution in [1.29, 1.82) is 0 Å². The second kappa shape index (κ2) is 6.09. The van der Waals surface area contributed by atoms with Gasteiger partial charge in [0.15, 0.2) is 11.9 Å². The second-order valence-electron chi connectivity index (χ2n) is 5.17. The number of amides is 1. The molecule has 4 N–H and O–H groups in total. The number of anilines is 1. The van der Waals surface area contributed by atoms with Gasteiger partial charge in [-0.1, -0.05) is 30.3 Å². The van der Waals surface area contributed by atoms with E-state index in [0.29, 0.717) is 12.1 Å². The van der Waals surface area contributed by atoms with Gasteiger partial charge in [-0.2, -0.15) is 5.10 Å². The molecule has 8 nitrogen and oxygen atoms in total. The molecule has 1 aliphatic rings. The maximum atomic E-state index is 12.7. The lowest BCUT2D eigenvalue weighted by atomic mass is 10.0. The van der Waals surface area contributed by atoms with Crippen molar-refractivity contribution in [3.63, 3.8) is 0 Å². The smallest absolute Gasteiger partial charge is 0.334 e. The summed E-state index contributed by atoms with van der Waals surface area (Å²) in [5.41, 5.74) is 7.42. The Hall–Kier alpha value is -2.87. The van der Waals surface area contributed by atoms with E-state index < -0.39 is 12.1 Å². The zero-order chi connectivity index (χ0) is 16.4. The minimum absolute atomic E-state index is 0.0126. The number of ether oxygens (including phenoxy) is 1. The van der Waals surface area contributed by atoms with Crippen LogP contribution in [0.15, 0.2) is 30.3 Å². The molecule has 0 saturated carbocycles. The number of nitrogens with zero attached hydrogens (tertiary/aromatic N) is 2. The van der Waals surface area contributed by atoms with Gasteiger partial charge in [-0.05, 0) is 5.56 Å². The first-order valence-electron chi connectivity index (χ1n) is 7.11. The summed E-state index contributed by atoms with van der Waals surface area (Å²) in [5, 5.41) is 15.6. The number of morpholine rings is 1. The van der Waals surface area contributed by atoms with Crippen LogP contribution in [0.5, 0.6) is 0 Å². The first-order valence-corrected chi connectivity index (χ1v) is 7.11. The van der Waals surface area contributed by atoms with Crippen LogP contribution in [-0.4, -0.2) is 57.9 Å². The number of rotatable bonds is 3. The molecule has 2 heterocycles. The van der Waals surface area contributed by atoms with E-state index in [2.05, 4.69) is 10.2 Å². The van der Waals surface area contributed by atoms with E-state index >= 15 is 0 Å². The molecule has 23 heavy (non-hydrogen) atoms. The van der Waals surface area contributed by atoms with Crippen LogP contribution < -0.4 is 5.73 Å². The number of carboxylic acid groups (broad SMARTS) is 1. The zero-order valence-corrected chi connectivity index (χ0v) is 12.2. The summed E-state index contributed by atoms with van der Waals surface area (Å²) in [6.45, 7) is 0.476.